The van der Waals surface area contributed by atoms with Gasteiger partial charge < -0.3 is 5.73 Å². The second-order valence-corrected chi connectivity index (χ2v) is 5.33. The summed E-state index contributed by atoms with van der Waals surface area (Å²) in [6, 6.07) is 5.88. The molecule has 0 saturated heterocycles. The SMILES string of the molecule is NCC(c1ccccc1C(F)(F)F)C1CCCCC1. The summed E-state index contributed by atoms with van der Waals surface area (Å²) < 4.78 is 39.2. The quantitative estimate of drug-likeness (QED) is 0.870. The minimum absolute atomic E-state index is 0.168. The molecule has 1 unspecified atom stereocenters. The van der Waals surface area contributed by atoms with Gasteiger partial charge in [-0.05, 0) is 42.9 Å². The fraction of sp³-hybridized carbons (Fsp3) is 0.600. The van der Waals surface area contributed by atoms with Gasteiger partial charge in [0.25, 0.3) is 0 Å². The van der Waals surface area contributed by atoms with Crippen LogP contribution in [0.15, 0.2) is 24.3 Å². The highest BCUT2D eigenvalue weighted by atomic mass is 19.4. The Morgan fingerprint density at radius 2 is 1.74 bits per heavy atom. The Bertz CT molecular complexity index is 408. The highest BCUT2D eigenvalue weighted by Crippen LogP contribution is 2.41. The van der Waals surface area contributed by atoms with E-state index in [0.29, 0.717) is 11.5 Å². The Balaban J connectivity index is 2.32. The fourth-order valence-corrected chi connectivity index (χ4v) is 3.19. The van der Waals surface area contributed by atoms with Crippen molar-refractivity contribution in [3.63, 3.8) is 0 Å². The summed E-state index contributed by atoms with van der Waals surface area (Å²) in [5, 5.41) is 0. The van der Waals surface area contributed by atoms with Gasteiger partial charge in [-0.1, -0.05) is 37.5 Å². The molecule has 1 aromatic carbocycles. The van der Waals surface area contributed by atoms with Gasteiger partial charge in [-0.25, -0.2) is 0 Å². The summed E-state index contributed by atoms with van der Waals surface area (Å²) in [7, 11) is 0. The summed E-state index contributed by atoms with van der Waals surface area (Å²) >= 11 is 0. The van der Waals surface area contributed by atoms with Crippen molar-refractivity contribution in [2.45, 2.75) is 44.2 Å². The van der Waals surface area contributed by atoms with Crippen molar-refractivity contribution < 1.29 is 13.2 Å². The normalized spacial score (nSPS) is 19.4. The summed E-state index contributed by atoms with van der Waals surface area (Å²) in [6.07, 6.45) is 1.10. The molecule has 0 amide bonds. The number of benzene rings is 1. The largest absolute Gasteiger partial charge is 0.416 e. The summed E-state index contributed by atoms with van der Waals surface area (Å²) in [6.45, 7) is 0.289. The average molecular weight is 271 g/mol. The molecule has 0 bridgehead atoms. The van der Waals surface area contributed by atoms with Crippen LogP contribution in [0.25, 0.3) is 0 Å². The molecule has 0 aliphatic heterocycles. The van der Waals surface area contributed by atoms with E-state index in [9.17, 15) is 13.2 Å². The van der Waals surface area contributed by atoms with Gasteiger partial charge in [0.15, 0.2) is 0 Å². The minimum atomic E-state index is -4.29. The zero-order valence-corrected chi connectivity index (χ0v) is 10.9. The molecule has 2 rings (SSSR count). The van der Waals surface area contributed by atoms with Crippen LogP contribution in [0.5, 0.6) is 0 Å². The van der Waals surface area contributed by atoms with Gasteiger partial charge in [0.05, 0.1) is 5.56 Å². The third kappa shape index (κ3) is 3.30. The molecule has 0 heterocycles. The molecule has 1 aliphatic carbocycles. The summed E-state index contributed by atoms with van der Waals surface area (Å²) in [4.78, 5) is 0. The molecular formula is C15H20F3N. The molecule has 1 atom stereocenters. The Kier molecular flexibility index (Phi) is 4.50. The van der Waals surface area contributed by atoms with Crippen molar-refractivity contribution in [1.29, 1.82) is 0 Å². The summed E-state index contributed by atoms with van der Waals surface area (Å²) in [5.41, 5.74) is 5.64. The molecule has 2 N–H and O–H groups in total. The van der Waals surface area contributed by atoms with Crippen molar-refractivity contribution in [2.75, 3.05) is 6.54 Å². The Hall–Kier alpha value is -1.03. The van der Waals surface area contributed by atoms with E-state index in [-0.39, 0.29) is 12.5 Å². The molecular weight excluding hydrogens is 251 g/mol. The van der Waals surface area contributed by atoms with Crippen LogP contribution in [-0.4, -0.2) is 6.54 Å². The maximum Gasteiger partial charge on any atom is 0.416 e. The monoisotopic (exact) mass is 271 g/mol. The van der Waals surface area contributed by atoms with Crippen molar-refractivity contribution in [2.24, 2.45) is 11.7 Å². The van der Waals surface area contributed by atoms with Crippen LogP contribution in [0.3, 0.4) is 0 Å². The van der Waals surface area contributed by atoms with E-state index < -0.39 is 11.7 Å². The first-order valence-corrected chi connectivity index (χ1v) is 6.90. The highest BCUT2D eigenvalue weighted by molar-refractivity contribution is 5.33. The average Bonchev–Trinajstić information content (AvgIpc) is 2.40. The van der Waals surface area contributed by atoms with E-state index >= 15 is 0 Å². The third-order valence-corrected chi connectivity index (χ3v) is 4.14. The van der Waals surface area contributed by atoms with Crippen molar-refractivity contribution in [3.8, 4) is 0 Å². The fourth-order valence-electron chi connectivity index (χ4n) is 3.19. The molecule has 1 nitrogen and oxygen atoms in total. The lowest BCUT2D eigenvalue weighted by atomic mass is 9.75. The van der Waals surface area contributed by atoms with Crippen LogP contribution in [0.4, 0.5) is 13.2 Å². The number of rotatable bonds is 3. The lowest BCUT2D eigenvalue weighted by molar-refractivity contribution is -0.138. The van der Waals surface area contributed by atoms with Crippen LogP contribution in [0, 0.1) is 5.92 Å². The standard InChI is InChI=1S/C15H20F3N/c16-15(17,18)14-9-5-4-8-12(14)13(10-19)11-6-2-1-3-7-11/h4-5,8-9,11,13H,1-3,6-7,10,19H2. The minimum Gasteiger partial charge on any atom is -0.330 e. The molecule has 4 heteroatoms. The predicted octanol–water partition coefficient (Wildman–Crippen LogP) is 4.33. The van der Waals surface area contributed by atoms with Gasteiger partial charge in [-0.2, -0.15) is 13.2 Å². The van der Waals surface area contributed by atoms with E-state index in [1.54, 1.807) is 12.1 Å². The van der Waals surface area contributed by atoms with E-state index in [2.05, 4.69) is 0 Å². The van der Waals surface area contributed by atoms with E-state index in [0.717, 1.165) is 25.7 Å². The van der Waals surface area contributed by atoms with E-state index in [4.69, 9.17) is 5.73 Å². The molecule has 1 saturated carbocycles. The van der Waals surface area contributed by atoms with Gasteiger partial charge in [0, 0.05) is 0 Å². The Labute approximate surface area is 112 Å². The number of halogens is 3. The maximum atomic E-state index is 13.1. The van der Waals surface area contributed by atoms with Gasteiger partial charge in [0.2, 0.25) is 0 Å². The van der Waals surface area contributed by atoms with Crippen molar-refractivity contribution in [1.82, 2.24) is 0 Å². The topological polar surface area (TPSA) is 26.0 Å². The number of hydrogen-bond acceptors (Lipinski definition) is 1. The second kappa shape index (κ2) is 5.95. The van der Waals surface area contributed by atoms with E-state index in [1.165, 1.54) is 18.6 Å². The van der Waals surface area contributed by atoms with Gasteiger partial charge in [-0.3, -0.25) is 0 Å². The first-order valence-electron chi connectivity index (χ1n) is 6.90. The van der Waals surface area contributed by atoms with Crippen LogP contribution in [0.1, 0.15) is 49.1 Å². The van der Waals surface area contributed by atoms with Gasteiger partial charge in [-0.15, -0.1) is 0 Å². The molecule has 1 aliphatic rings. The van der Waals surface area contributed by atoms with Crippen LogP contribution < -0.4 is 5.73 Å². The molecule has 1 fully saturated rings. The maximum absolute atomic E-state index is 13.1. The lowest BCUT2D eigenvalue weighted by Gasteiger charge is -2.31. The van der Waals surface area contributed by atoms with Crippen LogP contribution >= 0.6 is 0 Å². The predicted molar refractivity (Wildman–Crippen MR) is 69.8 cm³/mol. The Morgan fingerprint density at radius 3 is 2.32 bits per heavy atom. The molecule has 0 spiro atoms. The lowest BCUT2D eigenvalue weighted by Crippen LogP contribution is -2.26. The number of hydrogen-bond donors (Lipinski definition) is 1. The van der Waals surface area contributed by atoms with Gasteiger partial charge in [0.1, 0.15) is 0 Å². The summed E-state index contributed by atoms with van der Waals surface area (Å²) in [5.74, 6) is 0.125. The molecule has 0 aromatic heterocycles. The molecule has 19 heavy (non-hydrogen) atoms. The van der Waals surface area contributed by atoms with Crippen molar-refractivity contribution in [3.05, 3.63) is 35.4 Å². The zero-order valence-electron chi connectivity index (χ0n) is 10.9. The van der Waals surface area contributed by atoms with E-state index in [1.807, 2.05) is 0 Å². The molecule has 106 valence electrons. The van der Waals surface area contributed by atoms with Gasteiger partial charge >= 0.3 is 6.18 Å². The van der Waals surface area contributed by atoms with Crippen molar-refractivity contribution >= 4 is 0 Å². The zero-order chi connectivity index (χ0) is 13.9. The molecule has 0 radical (unpaired) electrons. The molecule has 1 aromatic rings. The first kappa shape index (κ1) is 14.4. The second-order valence-electron chi connectivity index (χ2n) is 5.33. The first-order chi connectivity index (χ1) is 9.04. The van der Waals surface area contributed by atoms with Crippen LogP contribution in [0.2, 0.25) is 0 Å². The highest BCUT2D eigenvalue weighted by Gasteiger charge is 2.36. The van der Waals surface area contributed by atoms with Crippen LogP contribution in [-0.2, 0) is 6.18 Å². The number of alkyl halides is 3. The third-order valence-electron chi connectivity index (χ3n) is 4.14. The smallest absolute Gasteiger partial charge is 0.330 e. The number of nitrogens with two attached hydrogens (primary N) is 1. The Morgan fingerprint density at radius 1 is 1.11 bits per heavy atom.